The highest BCUT2D eigenvalue weighted by Crippen LogP contribution is 2.30. The lowest BCUT2D eigenvalue weighted by molar-refractivity contribution is 0.400. The molecule has 0 bridgehead atoms. The summed E-state index contributed by atoms with van der Waals surface area (Å²) in [4.78, 5) is 0. The fraction of sp³-hybridized carbons (Fsp3) is 0.455. The molecule has 1 saturated heterocycles. The van der Waals surface area contributed by atoms with E-state index in [-0.39, 0.29) is 36.3 Å². The number of hydrogen-bond acceptors (Lipinski definition) is 3. The zero-order chi connectivity index (χ0) is 18.7. The highest BCUT2D eigenvalue weighted by molar-refractivity contribution is 6.30. The van der Waals surface area contributed by atoms with E-state index < -0.39 is 0 Å². The molecule has 156 valence electrons. The van der Waals surface area contributed by atoms with E-state index in [2.05, 4.69) is 61.7 Å². The van der Waals surface area contributed by atoms with Crippen LogP contribution in [0.15, 0.2) is 42.5 Å². The Morgan fingerprint density at radius 1 is 1.14 bits per heavy atom. The molecule has 1 aliphatic rings. The van der Waals surface area contributed by atoms with E-state index in [4.69, 9.17) is 16.3 Å². The van der Waals surface area contributed by atoms with Crippen molar-refractivity contribution >= 4 is 36.4 Å². The third kappa shape index (κ3) is 6.01. The number of hydrogen-bond donors (Lipinski definition) is 2. The summed E-state index contributed by atoms with van der Waals surface area (Å²) < 4.78 is 5.58. The molecule has 0 aliphatic carbocycles. The molecular weight excluding hydrogens is 415 g/mol. The van der Waals surface area contributed by atoms with Crippen LogP contribution in [0.2, 0.25) is 5.02 Å². The second-order valence-electron chi connectivity index (χ2n) is 8.04. The van der Waals surface area contributed by atoms with Gasteiger partial charge in [-0.1, -0.05) is 56.6 Å². The summed E-state index contributed by atoms with van der Waals surface area (Å²) >= 11 is 6.18. The summed E-state index contributed by atoms with van der Waals surface area (Å²) in [5.74, 6) is 0.941. The van der Waals surface area contributed by atoms with Crippen molar-refractivity contribution in [3.05, 3.63) is 64.2 Å². The predicted octanol–water partition coefficient (Wildman–Crippen LogP) is 5.68. The Morgan fingerprint density at radius 2 is 1.89 bits per heavy atom. The Balaban J connectivity index is 0.00000196. The van der Waals surface area contributed by atoms with Crippen LogP contribution in [0.4, 0.5) is 0 Å². The van der Waals surface area contributed by atoms with Crippen LogP contribution in [0.25, 0.3) is 0 Å². The minimum atomic E-state index is 0. The Morgan fingerprint density at radius 3 is 2.54 bits per heavy atom. The maximum absolute atomic E-state index is 6.18. The molecule has 0 aromatic heterocycles. The van der Waals surface area contributed by atoms with Gasteiger partial charge in [-0.05, 0) is 47.7 Å². The van der Waals surface area contributed by atoms with Crippen LogP contribution in [0, 0.1) is 0 Å². The van der Waals surface area contributed by atoms with E-state index in [0.29, 0.717) is 6.04 Å². The van der Waals surface area contributed by atoms with Crippen molar-refractivity contribution in [2.75, 3.05) is 13.7 Å². The number of ether oxygens (including phenoxy) is 1. The maximum Gasteiger partial charge on any atom is 0.123 e. The summed E-state index contributed by atoms with van der Waals surface area (Å²) in [5.41, 5.74) is 3.89. The lowest BCUT2D eigenvalue weighted by Gasteiger charge is -2.24. The first-order chi connectivity index (χ1) is 12.4. The van der Waals surface area contributed by atoms with Crippen molar-refractivity contribution in [3.63, 3.8) is 0 Å². The monoisotopic (exact) mass is 444 g/mol. The Hall–Kier alpha value is -0.970. The first-order valence-electron chi connectivity index (χ1n) is 9.28. The zero-order valence-electron chi connectivity index (χ0n) is 16.9. The van der Waals surface area contributed by atoms with Crippen molar-refractivity contribution < 1.29 is 4.74 Å². The van der Waals surface area contributed by atoms with E-state index >= 15 is 0 Å². The van der Waals surface area contributed by atoms with Crippen LogP contribution in [-0.4, -0.2) is 19.7 Å². The summed E-state index contributed by atoms with van der Waals surface area (Å²) in [5, 5.41) is 8.12. The van der Waals surface area contributed by atoms with Crippen molar-refractivity contribution in [3.8, 4) is 5.75 Å². The molecule has 28 heavy (non-hydrogen) atoms. The summed E-state index contributed by atoms with van der Waals surface area (Å²) in [6.45, 7) is 8.51. The second kappa shape index (κ2) is 10.7. The predicted molar refractivity (Wildman–Crippen MR) is 124 cm³/mol. The van der Waals surface area contributed by atoms with Gasteiger partial charge >= 0.3 is 0 Å². The number of nitrogens with one attached hydrogen (secondary N) is 2. The van der Waals surface area contributed by atoms with Crippen LogP contribution >= 0.6 is 36.4 Å². The van der Waals surface area contributed by atoms with E-state index in [1.165, 1.54) is 16.7 Å². The number of halogens is 3. The molecule has 1 aliphatic heterocycles. The van der Waals surface area contributed by atoms with Gasteiger partial charge in [-0.25, -0.2) is 0 Å². The molecule has 0 amide bonds. The van der Waals surface area contributed by atoms with Gasteiger partial charge in [-0.2, -0.15) is 0 Å². The van der Waals surface area contributed by atoms with Crippen molar-refractivity contribution in [1.29, 1.82) is 0 Å². The smallest absolute Gasteiger partial charge is 0.123 e. The largest absolute Gasteiger partial charge is 0.496 e. The molecule has 3 nitrogen and oxygen atoms in total. The average Bonchev–Trinajstić information content (AvgIpc) is 3.07. The van der Waals surface area contributed by atoms with Gasteiger partial charge in [0.05, 0.1) is 7.11 Å². The molecule has 3 rings (SSSR count). The molecular formula is C22H31Cl3N2O. The van der Waals surface area contributed by atoms with Gasteiger partial charge in [0.25, 0.3) is 0 Å². The molecule has 2 unspecified atom stereocenters. The zero-order valence-corrected chi connectivity index (χ0v) is 19.3. The van der Waals surface area contributed by atoms with Crippen LogP contribution in [0.5, 0.6) is 5.75 Å². The van der Waals surface area contributed by atoms with Crippen molar-refractivity contribution in [1.82, 2.24) is 10.6 Å². The Bertz CT molecular complexity index is 762. The molecule has 0 radical (unpaired) electrons. The number of benzene rings is 2. The van der Waals surface area contributed by atoms with Crippen molar-refractivity contribution in [2.45, 2.75) is 51.2 Å². The molecule has 2 aromatic rings. The second-order valence-corrected chi connectivity index (χ2v) is 8.48. The van der Waals surface area contributed by atoms with E-state index in [9.17, 15) is 0 Å². The third-order valence-corrected chi connectivity index (χ3v) is 5.37. The summed E-state index contributed by atoms with van der Waals surface area (Å²) in [7, 11) is 1.74. The van der Waals surface area contributed by atoms with Gasteiger partial charge in [0, 0.05) is 29.2 Å². The van der Waals surface area contributed by atoms with Gasteiger partial charge in [-0.15, -0.1) is 24.8 Å². The average molecular weight is 446 g/mol. The lowest BCUT2D eigenvalue weighted by Crippen LogP contribution is -2.34. The first kappa shape index (κ1) is 25.1. The topological polar surface area (TPSA) is 33.3 Å². The van der Waals surface area contributed by atoms with E-state index in [1.54, 1.807) is 7.11 Å². The minimum Gasteiger partial charge on any atom is -0.496 e. The Kier molecular flexibility index (Phi) is 9.58. The highest BCUT2D eigenvalue weighted by atomic mass is 35.5. The van der Waals surface area contributed by atoms with Crippen LogP contribution in [0.1, 0.15) is 49.9 Å². The van der Waals surface area contributed by atoms with Gasteiger partial charge in [0.2, 0.25) is 0 Å². The molecule has 2 N–H and O–H groups in total. The lowest BCUT2D eigenvalue weighted by atomic mass is 9.86. The SMILES string of the molecule is COc1ccc(C(C)(C)C)cc1CNC1CCNC1c1cccc(Cl)c1.Cl.Cl. The standard InChI is InChI=1S/C22H29ClN2O.2ClH/c1-22(2,3)17-8-9-20(26-4)16(12-17)14-25-19-10-11-24-21(19)15-6-5-7-18(23)13-15;;/h5-9,12-13,19,21,24-25H,10-11,14H2,1-4H3;2*1H. The number of rotatable bonds is 5. The van der Waals surface area contributed by atoms with Crippen LogP contribution < -0.4 is 15.4 Å². The van der Waals surface area contributed by atoms with Gasteiger partial charge < -0.3 is 15.4 Å². The fourth-order valence-corrected chi connectivity index (χ4v) is 3.80. The van der Waals surface area contributed by atoms with Gasteiger partial charge in [0.15, 0.2) is 0 Å². The molecule has 6 heteroatoms. The van der Waals surface area contributed by atoms with Crippen molar-refractivity contribution in [2.24, 2.45) is 0 Å². The first-order valence-corrected chi connectivity index (χ1v) is 9.66. The van der Waals surface area contributed by atoms with Gasteiger partial charge in [-0.3, -0.25) is 0 Å². The highest BCUT2D eigenvalue weighted by Gasteiger charge is 2.28. The van der Waals surface area contributed by atoms with E-state index in [0.717, 1.165) is 30.3 Å². The quantitative estimate of drug-likeness (QED) is 0.621. The maximum atomic E-state index is 6.18. The number of methoxy groups -OCH3 is 1. The normalized spacial score (nSPS) is 18.9. The molecule has 0 saturated carbocycles. The van der Waals surface area contributed by atoms with Crippen LogP contribution in [-0.2, 0) is 12.0 Å². The Labute approximate surface area is 186 Å². The molecule has 2 atom stereocenters. The summed E-state index contributed by atoms with van der Waals surface area (Å²) in [6, 6.07) is 15.3. The minimum absolute atomic E-state index is 0. The molecule has 1 fully saturated rings. The molecule has 2 aromatic carbocycles. The third-order valence-electron chi connectivity index (χ3n) is 5.13. The fourth-order valence-electron chi connectivity index (χ4n) is 3.60. The van der Waals surface area contributed by atoms with Crippen LogP contribution in [0.3, 0.4) is 0 Å². The molecule has 0 spiro atoms. The summed E-state index contributed by atoms with van der Waals surface area (Å²) in [6.07, 6.45) is 1.10. The van der Waals surface area contributed by atoms with E-state index in [1.807, 2.05) is 12.1 Å². The molecule has 1 heterocycles. The van der Waals surface area contributed by atoms with Gasteiger partial charge in [0.1, 0.15) is 5.75 Å².